The summed E-state index contributed by atoms with van der Waals surface area (Å²) in [5.74, 6) is 0.551. The molecular weight excluding hydrogens is 214 g/mol. The predicted molar refractivity (Wildman–Crippen MR) is 66.9 cm³/mol. The number of H-pyrrole nitrogens is 1. The van der Waals surface area contributed by atoms with Crippen molar-refractivity contribution in [1.82, 2.24) is 15.0 Å². The van der Waals surface area contributed by atoms with Gasteiger partial charge in [-0.15, -0.1) is 0 Å². The van der Waals surface area contributed by atoms with E-state index in [9.17, 15) is 4.79 Å². The zero-order valence-corrected chi connectivity index (χ0v) is 10.2. The molecule has 2 heterocycles. The summed E-state index contributed by atoms with van der Waals surface area (Å²) in [5.41, 5.74) is 3.15. The average molecular weight is 229 g/mol. The third-order valence-electron chi connectivity index (χ3n) is 2.89. The fraction of sp³-hybridized carbons (Fsp3) is 0.308. The topological polar surface area (TPSA) is 58.6 Å². The molecule has 2 rings (SSSR count). The van der Waals surface area contributed by atoms with Crippen LogP contribution in [-0.4, -0.2) is 15.0 Å². The van der Waals surface area contributed by atoms with Crippen molar-refractivity contribution in [3.05, 3.63) is 45.5 Å². The second-order valence-corrected chi connectivity index (χ2v) is 3.99. The number of hydrogen-bond donors (Lipinski definition) is 1. The monoisotopic (exact) mass is 229 g/mol. The maximum Gasteiger partial charge on any atom is 0.254 e. The zero-order valence-electron chi connectivity index (χ0n) is 10.2. The van der Waals surface area contributed by atoms with E-state index < -0.39 is 0 Å². The second-order valence-electron chi connectivity index (χ2n) is 3.99. The number of aromatic nitrogens is 3. The highest BCUT2D eigenvalue weighted by molar-refractivity contribution is 5.54. The van der Waals surface area contributed by atoms with Crippen molar-refractivity contribution >= 4 is 0 Å². The molecule has 0 radical (unpaired) electrons. The van der Waals surface area contributed by atoms with Crippen molar-refractivity contribution in [3.8, 4) is 11.5 Å². The molecule has 2 aromatic heterocycles. The molecule has 0 saturated heterocycles. The Morgan fingerprint density at radius 3 is 2.76 bits per heavy atom. The molecule has 0 aliphatic heterocycles. The van der Waals surface area contributed by atoms with Crippen LogP contribution in [0.3, 0.4) is 0 Å². The lowest BCUT2D eigenvalue weighted by Gasteiger charge is -2.07. The molecule has 17 heavy (non-hydrogen) atoms. The van der Waals surface area contributed by atoms with Crippen LogP contribution in [0.4, 0.5) is 0 Å². The highest BCUT2D eigenvalue weighted by Crippen LogP contribution is 2.17. The van der Waals surface area contributed by atoms with Crippen LogP contribution in [0, 0.1) is 13.8 Å². The summed E-state index contributed by atoms with van der Waals surface area (Å²) in [7, 11) is 0. The molecule has 4 heteroatoms. The van der Waals surface area contributed by atoms with Crippen molar-refractivity contribution < 1.29 is 0 Å². The second kappa shape index (κ2) is 4.49. The summed E-state index contributed by atoms with van der Waals surface area (Å²) in [6, 6.07) is 3.89. The van der Waals surface area contributed by atoms with Crippen LogP contribution in [0.1, 0.15) is 23.7 Å². The lowest BCUT2D eigenvalue weighted by atomic mass is 10.1. The summed E-state index contributed by atoms with van der Waals surface area (Å²) in [6.07, 6.45) is 2.57. The normalized spacial score (nSPS) is 10.5. The van der Waals surface area contributed by atoms with E-state index in [0.29, 0.717) is 11.4 Å². The first-order valence-corrected chi connectivity index (χ1v) is 5.65. The first-order chi connectivity index (χ1) is 8.13. The number of aromatic amines is 1. The van der Waals surface area contributed by atoms with E-state index >= 15 is 0 Å². The van der Waals surface area contributed by atoms with E-state index in [1.54, 1.807) is 13.1 Å². The molecule has 0 spiro atoms. The van der Waals surface area contributed by atoms with Gasteiger partial charge in [-0.25, -0.2) is 4.98 Å². The van der Waals surface area contributed by atoms with Crippen molar-refractivity contribution in [2.75, 3.05) is 0 Å². The van der Waals surface area contributed by atoms with E-state index in [1.165, 1.54) is 0 Å². The minimum atomic E-state index is -0.0970. The number of aryl methyl sites for hydroxylation is 2. The SMILES string of the molecule is CCc1cccnc1-c1nc(C)c(C)c(=O)[nH]1. The molecule has 0 fully saturated rings. The maximum atomic E-state index is 11.7. The van der Waals surface area contributed by atoms with Gasteiger partial charge in [0.2, 0.25) is 0 Å². The first-order valence-electron chi connectivity index (χ1n) is 5.65. The van der Waals surface area contributed by atoms with Crippen molar-refractivity contribution in [2.24, 2.45) is 0 Å². The number of pyridine rings is 1. The maximum absolute atomic E-state index is 11.7. The first kappa shape index (κ1) is 11.5. The minimum absolute atomic E-state index is 0.0970. The minimum Gasteiger partial charge on any atom is -0.305 e. The van der Waals surface area contributed by atoms with Gasteiger partial charge in [-0.05, 0) is 31.9 Å². The Morgan fingerprint density at radius 1 is 1.35 bits per heavy atom. The quantitative estimate of drug-likeness (QED) is 0.857. The third kappa shape index (κ3) is 2.11. The lowest BCUT2D eigenvalue weighted by molar-refractivity contribution is 1.00. The van der Waals surface area contributed by atoms with Crippen LogP contribution in [-0.2, 0) is 6.42 Å². The molecule has 0 saturated carbocycles. The van der Waals surface area contributed by atoms with Crippen LogP contribution < -0.4 is 5.56 Å². The summed E-state index contributed by atoms with van der Waals surface area (Å²) >= 11 is 0. The van der Waals surface area contributed by atoms with Crippen molar-refractivity contribution in [1.29, 1.82) is 0 Å². The highest BCUT2D eigenvalue weighted by atomic mass is 16.1. The molecule has 4 nitrogen and oxygen atoms in total. The van der Waals surface area contributed by atoms with Gasteiger partial charge < -0.3 is 4.98 Å². The largest absolute Gasteiger partial charge is 0.305 e. The Kier molecular flexibility index (Phi) is 3.04. The van der Waals surface area contributed by atoms with Crippen LogP contribution >= 0.6 is 0 Å². The highest BCUT2D eigenvalue weighted by Gasteiger charge is 2.09. The van der Waals surface area contributed by atoms with Gasteiger partial charge in [0.1, 0.15) is 5.69 Å². The van der Waals surface area contributed by atoms with Gasteiger partial charge in [-0.2, -0.15) is 0 Å². The van der Waals surface area contributed by atoms with Gasteiger partial charge in [-0.3, -0.25) is 9.78 Å². The van der Waals surface area contributed by atoms with E-state index in [4.69, 9.17) is 0 Å². The number of hydrogen-bond acceptors (Lipinski definition) is 3. The molecule has 88 valence electrons. The Balaban J connectivity index is 2.65. The van der Waals surface area contributed by atoms with Crippen LogP contribution in [0.2, 0.25) is 0 Å². The number of nitrogens with zero attached hydrogens (tertiary/aromatic N) is 2. The van der Waals surface area contributed by atoms with Crippen molar-refractivity contribution in [3.63, 3.8) is 0 Å². The van der Waals surface area contributed by atoms with E-state index in [1.807, 2.05) is 19.1 Å². The van der Waals surface area contributed by atoms with Gasteiger partial charge >= 0.3 is 0 Å². The molecular formula is C13H15N3O. The molecule has 0 aliphatic carbocycles. The summed E-state index contributed by atoms with van der Waals surface area (Å²) < 4.78 is 0. The molecule has 0 atom stereocenters. The fourth-order valence-electron chi connectivity index (χ4n) is 1.69. The molecule has 2 aromatic rings. The van der Waals surface area contributed by atoms with Gasteiger partial charge in [0.15, 0.2) is 5.82 Å². The summed E-state index contributed by atoms with van der Waals surface area (Å²) in [6.45, 7) is 5.66. The Morgan fingerprint density at radius 2 is 2.12 bits per heavy atom. The van der Waals surface area contributed by atoms with E-state index in [0.717, 1.165) is 23.4 Å². The van der Waals surface area contributed by atoms with Gasteiger partial charge in [0.25, 0.3) is 5.56 Å². The molecule has 0 aromatic carbocycles. The Labute approximate surface area is 99.8 Å². The van der Waals surface area contributed by atoms with Gasteiger partial charge in [-0.1, -0.05) is 13.0 Å². The number of nitrogens with one attached hydrogen (secondary N) is 1. The molecule has 1 N–H and O–H groups in total. The molecule has 0 unspecified atom stereocenters. The third-order valence-corrected chi connectivity index (χ3v) is 2.89. The van der Waals surface area contributed by atoms with E-state index in [-0.39, 0.29) is 5.56 Å². The Bertz CT molecular complexity index is 602. The predicted octanol–water partition coefficient (Wildman–Crippen LogP) is 2.01. The van der Waals surface area contributed by atoms with Crippen LogP contribution in [0.25, 0.3) is 11.5 Å². The van der Waals surface area contributed by atoms with E-state index in [2.05, 4.69) is 21.9 Å². The summed E-state index contributed by atoms with van der Waals surface area (Å²) in [5, 5.41) is 0. The van der Waals surface area contributed by atoms with Crippen LogP contribution in [0.5, 0.6) is 0 Å². The molecule has 0 aliphatic rings. The smallest absolute Gasteiger partial charge is 0.254 e. The standard InChI is InChI=1S/C13H15N3O/c1-4-10-6-5-7-14-11(10)12-15-9(3)8(2)13(17)16-12/h5-7H,4H2,1-3H3,(H,15,16,17). The lowest BCUT2D eigenvalue weighted by Crippen LogP contribution is -2.15. The van der Waals surface area contributed by atoms with Gasteiger partial charge in [0, 0.05) is 17.5 Å². The summed E-state index contributed by atoms with van der Waals surface area (Å²) in [4.78, 5) is 23.2. The average Bonchev–Trinajstić information content (AvgIpc) is 2.35. The van der Waals surface area contributed by atoms with Gasteiger partial charge in [0.05, 0.1) is 0 Å². The number of rotatable bonds is 2. The molecule has 0 amide bonds. The Hall–Kier alpha value is -1.97. The zero-order chi connectivity index (χ0) is 12.4. The van der Waals surface area contributed by atoms with Crippen LogP contribution in [0.15, 0.2) is 23.1 Å². The fourth-order valence-corrected chi connectivity index (χ4v) is 1.69. The molecule has 0 bridgehead atoms. The van der Waals surface area contributed by atoms with Crippen molar-refractivity contribution in [2.45, 2.75) is 27.2 Å².